The average molecular weight is 675 g/mol. The minimum atomic E-state index is -5.19. The Morgan fingerprint density at radius 3 is 2.04 bits per heavy atom. The van der Waals surface area contributed by atoms with Crippen LogP contribution in [-0.4, -0.2) is 51.7 Å². The Labute approximate surface area is 248 Å². The van der Waals surface area contributed by atoms with Gasteiger partial charge in [-0.1, -0.05) is 12.0 Å². The number of alkyl halides is 9. The molecule has 3 aromatic rings. The number of halogens is 9. The van der Waals surface area contributed by atoms with E-state index in [-0.39, 0.29) is 23.7 Å². The number of hydrogen-bond donors (Lipinski definition) is 2. The molecule has 0 saturated carbocycles. The van der Waals surface area contributed by atoms with Gasteiger partial charge in [-0.25, -0.2) is 13.2 Å². The van der Waals surface area contributed by atoms with Crippen LogP contribution >= 0.6 is 0 Å². The molecule has 20 heteroatoms. The summed E-state index contributed by atoms with van der Waals surface area (Å²) in [5, 5.41) is 24.0. The highest BCUT2D eigenvalue weighted by atomic mass is 32.2. The van der Waals surface area contributed by atoms with Crippen LogP contribution in [0.3, 0.4) is 0 Å². The van der Waals surface area contributed by atoms with E-state index in [9.17, 15) is 57.8 Å². The van der Waals surface area contributed by atoms with Crippen molar-refractivity contribution < 1.29 is 57.8 Å². The molecule has 10 nitrogen and oxygen atoms in total. The standard InChI is InChI=1S/C25H23F9N6O4S/c1-3-22(35-20-36-38-39(37-20)12-45(2,43)44)11-14(6-13-7-16(24(29,30)31)9-17(8-13)25(32,33)34)18-10-15(23(26,27)28)4-5-19(18)40(22)21(41)42/h4-5,7-10,14H,3,6,11-12H2,1-2H3,(H,35,37)(H,41,42)/t14-,22+/m0/s1. The number of anilines is 2. The fourth-order valence-corrected chi connectivity index (χ4v) is 5.78. The largest absolute Gasteiger partial charge is 0.465 e. The van der Waals surface area contributed by atoms with E-state index in [1.54, 1.807) is 0 Å². The third kappa shape index (κ3) is 7.42. The van der Waals surface area contributed by atoms with E-state index < -0.39 is 93.0 Å². The first kappa shape index (κ1) is 33.8. The molecule has 0 spiro atoms. The number of carboxylic acid groups (broad SMARTS) is 1. The lowest BCUT2D eigenvalue weighted by atomic mass is 9.77. The Morgan fingerprint density at radius 2 is 1.56 bits per heavy atom. The van der Waals surface area contributed by atoms with Crippen LogP contribution in [0.15, 0.2) is 36.4 Å². The van der Waals surface area contributed by atoms with Crippen molar-refractivity contribution in [3.63, 3.8) is 0 Å². The lowest BCUT2D eigenvalue weighted by molar-refractivity contribution is -0.143. The summed E-state index contributed by atoms with van der Waals surface area (Å²) in [7, 11) is -3.66. The summed E-state index contributed by atoms with van der Waals surface area (Å²) >= 11 is 0. The Balaban J connectivity index is 1.89. The lowest BCUT2D eigenvalue weighted by Gasteiger charge is -2.49. The van der Waals surface area contributed by atoms with Crippen molar-refractivity contribution in [2.24, 2.45) is 0 Å². The number of rotatable bonds is 7. The summed E-state index contributed by atoms with van der Waals surface area (Å²) in [4.78, 5) is 13.9. The smallest absolute Gasteiger partial charge is 0.416 e. The first-order valence-electron chi connectivity index (χ1n) is 12.8. The molecule has 4 rings (SSSR count). The van der Waals surface area contributed by atoms with Gasteiger partial charge in [0.1, 0.15) is 5.66 Å². The van der Waals surface area contributed by atoms with E-state index in [1.807, 2.05) is 0 Å². The average Bonchev–Trinajstić information content (AvgIpc) is 3.31. The minimum Gasteiger partial charge on any atom is -0.465 e. The molecule has 0 unspecified atom stereocenters. The molecular weight excluding hydrogens is 651 g/mol. The van der Waals surface area contributed by atoms with Gasteiger partial charge in [0.25, 0.3) is 5.95 Å². The monoisotopic (exact) mass is 674 g/mol. The summed E-state index contributed by atoms with van der Waals surface area (Å²) in [6, 6.07) is 2.84. The molecule has 1 amide bonds. The van der Waals surface area contributed by atoms with Crippen LogP contribution in [0.1, 0.15) is 53.5 Å². The van der Waals surface area contributed by atoms with E-state index in [0.29, 0.717) is 34.0 Å². The van der Waals surface area contributed by atoms with E-state index in [0.717, 1.165) is 12.3 Å². The Bertz CT molecular complexity index is 1670. The van der Waals surface area contributed by atoms with Crippen LogP contribution < -0.4 is 10.2 Å². The van der Waals surface area contributed by atoms with Gasteiger partial charge in [0.2, 0.25) is 0 Å². The van der Waals surface area contributed by atoms with Crippen molar-refractivity contribution in [2.75, 3.05) is 16.5 Å². The summed E-state index contributed by atoms with van der Waals surface area (Å²) in [5.41, 5.74) is -7.46. The fourth-order valence-electron chi connectivity index (χ4n) is 5.25. The fraction of sp³-hybridized carbons (Fsp3) is 0.440. The number of aromatic nitrogens is 4. The maximum atomic E-state index is 13.7. The molecule has 0 radical (unpaired) electrons. The van der Waals surface area contributed by atoms with Crippen LogP contribution in [0, 0.1) is 0 Å². The number of sulfone groups is 1. The molecule has 2 aromatic carbocycles. The second-order valence-electron chi connectivity index (χ2n) is 10.5. The van der Waals surface area contributed by atoms with Crippen molar-refractivity contribution in [2.45, 2.75) is 62.2 Å². The van der Waals surface area contributed by atoms with Crippen molar-refractivity contribution in [1.29, 1.82) is 0 Å². The normalized spacial score (nSPS) is 19.4. The molecule has 1 aliphatic rings. The van der Waals surface area contributed by atoms with E-state index in [2.05, 4.69) is 20.7 Å². The molecule has 2 heterocycles. The second-order valence-corrected chi connectivity index (χ2v) is 12.6. The predicted octanol–water partition coefficient (Wildman–Crippen LogP) is 6.16. The van der Waals surface area contributed by atoms with Crippen LogP contribution in [-0.2, 0) is 40.7 Å². The van der Waals surface area contributed by atoms with Gasteiger partial charge in [-0.05, 0) is 77.9 Å². The Hall–Kier alpha value is -4.10. The molecule has 2 atom stereocenters. The summed E-state index contributed by atoms with van der Waals surface area (Å²) < 4.78 is 146. The topological polar surface area (TPSA) is 130 Å². The zero-order valence-electron chi connectivity index (χ0n) is 23.1. The first-order valence-corrected chi connectivity index (χ1v) is 14.8. The second kappa shape index (κ2) is 11.4. The summed E-state index contributed by atoms with van der Waals surface area (Å²) in [6.07, 6.45) is -17.4. The maximum Gasteiger partial charge on any atom is 0.416 e. The number of carbonyl (C=O) groups is 1. The molecule has 2 N–H and O–H groups in total. The highest BCUT2D eigenvalue weighted by Crippen LogP contribution is 2.49. The maximum absolute atomic E-state index is 13.7. The SMILES string of the molecule is CC[C@]1(Nc2nnn(CS(C)(=O)=O)n2)C[C@H](Cc2cc(C(F)(F)F)cc(C(F)(F)F)c2)c2cc(C(F)(F)F)ccc2N1C(=O)O. The molecule has 45 heavy (non-hydrogen) atoms. The van der Waals surface area contributed by atoms with Gasteiger partial charge in [-0.15, -0.1) is 9.90 Å². The van der Waals surface area contributed by atoms with Crippen LogP contribution in [0.5, 0.6) is 0 Å². The highest BCUT2D eigenvalue weighted by Gasteiger charge is 2.49. The van der Waals surface area contributed by atoms with Gasteiger partial charge in [-0.2, -0.15) is 39.5 Å². The van der Waals surface area contributed by atoms with Gasteiger partial charge < -0.3 is 10.4 Å². The number of fused-ring (bicyclic) bond motifs is 1. The predicted molar refractivity (Wildman–Crippen MR) is 139 cm³/mol. The van der Waals surface area contributed by atoms with E-state index in [1.165, 1.54) is 6.92 Å². The summed E-state index contributed by atoms with van der Waals surface area (Å²) in [5.74, 6) is -2.40. The molecule has 246 valence electrons. The highest BCUT2D eigenvalue weighted by molar-refractivity contribution is 7.89. The summed E-state index contributed by atoms with van der Waals surface area (Å²) in [6.45, 7) is 1.46. The third-order valence-corrected chi connectivity index (χ3v) is 7.80. The van der Waals surface area contributed by atoms with Crippen molar-refractivity contribution in [3.05, 3.63) is 64.2 Å². The van der Waals surface area contributed by atoms with Gasteiger partial charge in [-0.3, -0.25) is 4.90 Å². The number of benzene rings is 2. The number of amides is 1. The Morgan fingerprint density at radius 1 is 0.978 bits per heavy atom. The third-order valence-electron chi connectivity index (χ3n) is 7.10. The van der Waals surface area contributed by atoms with Gasteiger partial charge in [0.05, 0.1) is 22.4 Å². The molecule has 0 saturated heterocycles. The van der Waals surface area contributed by atoms with Crippen molar-refractivity contribution >= 4 is 27.6 Å². The van der Waals surface area contributed by atoms with E-state index in [4.69, 9.17) is 0 Å². The van der Waals surface area contributed by atoms with Gasteiger partial charge in [0, 0.05) is 6.26 Å². The van der Waals surface area contributed by atoms with Gasteiger partial charge in [0.15, 0.2) is 15.7 Å². The molecule has 0 bridgehead atoms. The molecular formula is C25H23F9N6O4S. The van der Waals surface area contributed by atoms with Crippen LogP contribution in [0.2, 0.25) is 0 Å². The molecule has 1 aliphatic heterocycles. The number of hydrogen-bond acceptors (Lipinski definition) is 7. The Kier molecular flexibility index (Phi) is 8.53. The minimum absolute atomic E-state index is 0.0877. The van der Waals surface area contributed by atoms with Crippen LogP contribution in [0.4, 0.5) is 55.9 Å². The number of nitrogens with one attached hydrogen (secondary N) is 1. The van der Waals surface area contributed by atoms with Crippen molar-refractivity contribution in [1.82, 2.24) is 20.2 Å². The number of tetrazole rings is 1. The van der Waals surface area contributed by atoms with E-state index >= 15 is 0 Å². The zero-order valence-corrected chi connectivity index (χ0v) is 23.9. The molecule has 0 aliphatic carbocycles. The molecule has 1 aromatic heterocycles. The molecule has 0 fully saturated rings. The lowest BCUT2D eigenvalue weighted by Crippen LogP contribution is -2.60. The number of nitrogens with zero attached hydrogens (tertiary/aromatic N) is 5. The van der Waals surface area contributed by atoms with Crippen LogP contribution in [0.25, 0.3) is 0 Å². The quantitative estimate of drug-likeness (QED) is 0.285. The zero-order chi connectivity index (χ0) is 33.8. The van der Waals surface area contributed by atoms with Crippen molar-refractivity contribution in [3.8, 4) is 0 Å². The van der Waals surface area contributed by atoms with Gasteiger partial charge >= 0.3 is 24.6 Å². The first-order chi connectivity index (χ1) is 20.5.